The number of aromatic nitrogens is 2. The molecule has 1 saturated heterocycles. The number of aliphatic hydroxyl groups excluding tert-OH is 1. The predicted molar refractivity (Wildman–Crippen MR) is 103 cm³/mol. The molecule has 21 heteroatoms. The van der Waals surface area contributed by atoms with Crippen LogP contribution in [0.5, 0.6) is 0 Å². The van der Waals surface area contributed by atoms with E-state index in [1.807, 2.05) is 4.98 Å². The van der Waals surface area contributed by atoms with Gasteiger partial charge in [-0.05, 0) is 8.53 Å². The second-order valence-corrected chi connectivity index (χ2v) is 13.0. The molecular formula is C10H16ClFN2O13P4. The molecule has 6 N–H and O–H groups in total. The van der Waals surface area contributed by atoms with Gasteiger partial charge in [0, 0.05) is 12.3 Å². The number of aliphatic hydroxyl groups is 1. The molecule has 2 heterocycles. The molecule has 6 atom stereocenters. The summed E-state index contributed by atoms with van der Waals surface area (Å²) in [5, 5.41) is 10.3. The molecule has 1 aromatic heterocycles. The number of phosphoric ester groups is 1. The minimum absolute atomic E-state index is 0.656. The Morgan fingerprint density at radius 3 is 2.39 bits per heavy atom. The molecule has 0 aliphatic carbocycles. The first-order valence-corrected chi connectivity index (χ1v) is 14.0. The van der Waals surface area contributed by atoms with Gasteiger partial charge >= 0.3 is 21.3 Å². The lowest BCUT2D eigenvalue weighted by molar-refractivity contribution is -0.0467. The average molecular weight is 551 g/mol. The molecule has 0 bridgehead atoms. The molecule has 178 valence electrons. The topological polar surface area (TPSA) is 227 Å². The lowest BCUT2D eigenvalue weighted by atomic mass is 10.00. The molecule has 2 rings (SSSR count). The van der Waals surface area contributed by atoms with Crippen molar-refractivity contribution in [3.05, 3.63) is 33.1 Å². The Bertz CT molecular complexity index is 1070. The highest BCUT2D eigenvalue weighted by atomic mass is 35.5. The van der Waals surface area contributed by atoms with E-state index in [-0.39, 0.29) is 0 Å². The van der Waals surface area contributed by atoms with Gasteiger partial charge < -0.3 is 29.4 Å². The van der Waals surface area contributed by atoms with Crippen LogP contribution in [0, 0.1) is 0 Å². The van der Waals surface area contributed by atoms with Gasteiger partial charge in [-0.1, -0.05) is 0 Å². The highest BCUT2D eigenvalue weighted by molar-refractivity contribution is 7.91. The number of nitrogens with one attached hydrogen (secondary N) is 1. The van der Waals surface area contributed by atoms with E-state index >= 15 is 0 Å². The van der Waals surface area contributed by atoms with Crippen molar-refractivity contribution in [3.8, 4) is 0 Å². The lowest BCUT2D eigenvalue weighted by Gasteiger charge is -2.27. The van der Waals surface area contributed by atoms with Crippen LogP contribution < -0.4 is 11.2 Å². The number of nitrogens with zero attached hydrogens (tertiary/aromatic N) is 1. The third-order valence-electron chi connectivity index (χ3n) is 3.69. The second kappa shape index (κ2) is 9.54. The number of ether oxygens (including phenoxy) is 1. The molecule has 0 amide bonds. The molecule has 1 aromatic rings. The summed E-state index contributed by atoms with van der Waals surface area (Å²) in [4.78, 5) is 59.3. The van der Waals surface area contributed by atoms with Crippen LogP contribution in [0.2, 0.25) is 0 Å². The summed E-state index contributed by atoms with van der Waals surface area (Å²) in [6.45, 7) is -2.54. The number of alkyl halides is 2. The molecule has 0 radical (unpaired) electrons. The first-order chi connectivity index (χ1) is 14.0. The number of rotatable bonds is 9. The molecular weight excluding hydrogens is 534 g/mol. The minimum atomic E-state index is -5.52. The Morgan fingerprint density at radius 2 is 1.87 bits per heavy atom. The van der Waals surface area contributed by atoms with Crippen LogP contribution >= 0.6 is 43.0 Å². The standard InChI is InChI=1S/C10H16ClFN2O13P4/c11-10(4-12)7(16)5(25-8(10)14-2-1-6(15)13-9(14)17)3-24-29(18,19)26-30(20,21)27-31(22,23)28/h1-2,5,7-8,16,22-23,28H,3-4H2,(H,18,19)(H,20,21)(H,13,15,17)/t5-,7+,8-,10?/m1/s1. The van der Waals surface area contributed by atoms with Crippen molar-refractivity contribution in [2.75, 3.05) is 13.3 Å². The molecule has 1 aliphatic rings. The van der Waals surface area contributed by atoms with Gasteiger partial charge in [0.2, 0.25) is 0 Å². The van der Waals surface area contributed by atoms with Gasteiger partial charge in [0.05, 0.1) is 6.61 Å². The Hall–Kier alpha value is -0.270. The zero-order valence-corrected chi connectivity index (χ0v) is 19.3. The Labute approximate surface area is 178 Å². The molecule has 1 aliphatic heterocycles. The number of hydrogen-bond donors (Lipinski definition) is 6. The van der Waals surface area contributed by atoms with Gasteiger partial charge in [-0.15, -0.1) is 11.6 Å². The molecule has 0 saturated carbocycles. The van der Waals surface area contributed by atoms with Crippen molar-refractivity contribution in [1.82, 2.24) is 9.55 Å². The van der Waals surface area contributed by atoms with E-state index in [2.05, 4.69) is 21.7 Å². The number of halogens is 2. The van der Waals surface area contributed by atoms with Crippen molar-refractivity contribution in [2.24, 2.45) is 0 Å². The molecule has 15 nitrogen and oxygen atoms in total. The number of phosphoric acid groups is 2. The van der Waals surface area contributed by atoms with Crippen LogP contribution in [0.25, 0.3) is 0 Å². The Balaban J connectivity index is 2.18. The van der Waals surface area contributed by atoms with Crippen molar-refractivity contribution >= 4 is 43.0 Å². The van der Waals surface area contributed by atoms with E-state index in [0.717, 1.165) is 12.3 Å². The fourth-order valence-electron chi connectivity index (χ4n) is 2.47. The van der Waals surface area contributed by atoms with Gasteiger partial charge in [0.25, 0.3) is 12.8 Å². The quantitative estimate of drug-likeness (QED) is 0.173. The maximum Gasteiger partial charge on any atom is 0.488 e. The monoisotopic (exact) mass is 550 g/mol. The van der Waals surface area contributed by atoms with E-state index < -0.39 is 70.7 Å². The smallest absolute Gasteiger partial charge is 0.388 e. The van der Waals surface area contributed by atoms with E-state index in [9.17, 15) is 38.0 Å². The number of H-pyrrole nitrogens is 1. The summed E-state index contributed by atoms with van der Waals surface area (Å²) in [5.41, 5.74) is -1.84. The van der Waals surface area contributed by atoms with Crippen LogP contribution in [0.1, 0.15) is 6.23 Å². The third kappa shape index (κ3) is 6.86. The number of aromatic amines is 1. The summed E-state index contributed by atoms with van der Waals surface area (Å²) in [5.74, 6) is 0. The highest BCUT2D eigenvalue weighted by Crippen LogP contribution is 2.67. The van der Waals surface area contributed by atoms with Gasteiger partial charge in [0.15, 0.2) is 6.23 Å². The zero-order chi connectivity index (χ0) is 23.8. The lowest BCUT2D eigenvalue weighted by Crippen LogP contribution is -2.46. The van der Waals surface area contributed by atoms with Crippen molar-refractivity contribution in [2.45, 2.75) is 23.3 Å². The van der Waals surface area contributed by atoms with E-state index in [4.69, 9.17) is 26.1 Å². The summed E-state index contributed by atoms with van der Waals surface area (Å²) in [6, 6.07) is 0.889. The summed E-state index contributed by atoms with van der Waals surface area (Å²) < 4.78 is 54.9. The third-order valence-corrected chi connectivity index (χ3v) is 8.80. The van der Waals surface area contributed by atoms with Crippen LogP contribution in [0.15, 0.2) is 21.9 Å². The summed E-state index contributed by atoms with van der Waals surface area (Å²) in [6.07, 6.45) is -4.41. The normalized spacial score (nSPS) is 30.6. The van der Waals surface area contributed by atoms with Crippen LogP contribution in [-0.2, 0) is 27.0 Å². The molecule has 3 unspecified atom stereocenters. The van der Waals surface area contributed by atoms with Crippen LogP contribution in [0.3, 0.4) is 0 Å². The van der Waals surface area contributed by atoms with Crippen LogP contribution in [0.4, 0.5) is 4.39 Å². The first kappa shape index (κ1) is 27.0. The van der Waals surface area contributed by atoms with Crippen molar-refractivity contribution < 1.29 is 56.1 Å². The van der Waals surface area contributed by atoms with Crippen molar-refractivity contribution in [1.29, 1.82) is 0 Å². The van der Waals surface area contributed by atoms with Gasteiger partial charge in [-0.2, -0.15) is 4.31 Å². The predicted octanol–water partition coefficient (Wildman–Crippen LogP) is -0.202. The fraction of sp³-hybridized carbons (Fsp3) is 0.600. The average Bonchev–Trinajstić information content (AvgIpc) is 2.82. The summed E-state index contributed by atoms with van der Waals surface area (Å²) in [7, 11) is -13.4. The van der Waals surface area contributed by atoms with E-state index in [1.165, 1.54) is 0 Å². The number of hydrogen-bond acceptors (Lipinski definition) is 9. The minimum Gasteiger partial charge on any atom is -0.388 e. The largest absolute Gasteiger partial charge is 0.488 e. The highest BCUT2D eigenvalue weighted by Gasteiger charge is 2.57. The van der Waals surface area contributed by atoms with E-state index in [1.54, 1.807) is 0 Å². The summed E-state index contributed by atoms with van der Waals surface area (Å²) >= 11 is 6.06. The van der Waals surface area contributed by atoms with Crippen molar-refractivity contribution in [3.63, 3.8) is 0 Å². The first-order valence-electron chi connectivity index (χ1n) is 7.72. The Morgan fingerprint density at radius 1 is 1.26 bits per heavy atom. The second-order valence-electron chi connectivity index (χ2n) is 5.99. The molecule has 0 aromatic carbocycles. The van der Waals surface area contributed by atoms with Gasteiger partial charge in [0.1, 0.15) is 23.8 Å². The zero-order valence-electron chi connectivity index (χ0n) is 14.8. The van der Waals surface area contributed by atoms with Gasteiger partial charge in [-0.3, -0.25) is 18.9 Å². The fourth-order valence-corrected chi connectivity index (χ4v) is 6.80. The molecule has 0 spiro atoms. The molecule has 1 fully saturated rings. The maximum absolute atomic E-state index is 13.6. The van der Waals surface area contributed by atoms with Crippen LogP contribution in [-0.4, -0.2) is 64.6 Å². The van der Waals surface area contributed by atoms with Gasteiger partial charge in [-0.25, -0.2) is 22.6 Å². The van der Waals surface area contributed by atoms with E-state index in [0.29, 0.717) is 4.57 Å². The maximum atomic E-state index is 13.6. The Kier molecular flexibility index (Phi) is 8.30. The SMILES string of the molecule is O=c1ccn([C@@H]2O[C@H](COP(=O)(O)OP(=O)(O)OP(O)(O)=P)[C@H](O)C2(Cl)CF)c(=O)[nH]1. The molecule has 31 heavy (non-hydrogen) atoms.